The zero-order chi connectivity index (χ0) is 13.3. The maximum absolute atomic E-state index is 3.88. The predicted octanol–water partition coefficient (Wildman–Crippen LogP) is 6.86. The van der Waals surface area contributed by atoms with Crippen molar-refractivity contribution in [3.05, 3.63) is 19.1 Å². The molecule has 0 aromatic rings. The maximum atomic E-state index is 3.88. The second kappa shape index (κ2) is 16.7. The third kappa shape index (κ3) is 15.7. The van der Waals surface area contributed by atoms with Gasteiger partial charge in [0.15, 0.2) is 0 Å². The van der Waals surface area contributed by atoms with E-state index in [1.54, 1.807) is 0 Å². The van der Waals surface area contributed by atoms with Gasteiger partial charge in [0.05, 0.1) is 0 Å². The molecule has 0 saturated heterocycles. The van der Waals surface area contributed by atoms with Crippen LogP contribution in [0.4, 0.5) is 0 Å². The van der Waals surface area contributed by atoms with Crippen molar-refractivity contribution in [1.29, 1.82) is 0 Å². The minimum Gasteiger partial charge on any atom is -0.0917 e. The summed E-state index contributed by atoms with van der Waals surface area (Å²) in [5.41, 5.74) is 0. The van der Waals surface area contributed by atoms with E-state index in [1.807, 2.05) is 0 Å². The third-order valence-electron chi connectivity index (χ3n) is 3.61. The Labute approximate surface area is 116 Å². The van der Waals surface area contributed by atoms with Crippen molar-refractivity contribution >= 4 is 0 Å². The van der Waals surface area contributed by atoms with Crippen molar-refractivity contribution in [3.63, 3.8) is 0 Å². The number of hydrogen-bond donors (Lipinski definition) is 0. The molecule has 0 nitrogen and oxygen atoms in total. The van der Waals surface area contributed by atoms with Gasteiger partial charge in [-0.15, -0.1) is 0 Å². The summed E-state index contributed by atoms with van der Waals surface area (Å²) in [5.74, 6) is 0. The minimum absolute atomic E-state index is 1.12. The van der Waals surface area contributed by atoms with Gasteiger partial charge in [0.2, 0.25) is 0 Å². The van der Waals surface area contributed by atoms with E-state index in [1.165, 1.54) is 83.5 Å². The average Bonchev–Trinajstić information content (AvgIpc) is 2.39. The van der Waals surface area contributed by atoms with Crippen LogP contribution in [0, 0.1) is 6.92 Å². The molecule has 0 bridgehead atoms. The van der Waals surface area contributed by atoms with E-state index in [-0.39, 0.29) is 0 Å². The Balaban J connectivity index is 2.90. The van der Waals surface area contributed by atoms with Crippen LogP contribution in [0.2, 0.25) is 0 Å². The molecule has 0 N–H and O–H groups in total. The summed E-state index contributed by atoms with van der Waals surface area (Å²) < 4.78 is 0. The zero-order valence-electron chi connectivity index (χ0n) is 12.8. The highest BCUT2D eigenvalue weighted by Gasteiger charge is 1.93. The van der Waals surface area contributed by atoms with Gasteiger partial charge in [-0.2, -0.15) is 0 Å². The van der Waals surface area contributed by atoms with Crippen LogP contribution in [0.3, 0.4) is 0 Å². The fourth-order valence-corrected chi connectivity index (χ4v) is 2.37. The van der Waals surface area contributed by atoms with Crippen LogP contribution in [0.25, 0.3) is 0 Å². The van der Waals surface area contributed by atoms with Crippen LogP contribution in [-0.4, -0.2) is 0 Å². The summed E-state index contributed by atoms with van der Waals surface area (Å²) in [6.45, 7) is 5.99. The molecule has 107 valence electrons. The largest absolute Gasteiger partial charge is 0.0917 e. The number of rotatable bonds is 14. The van der Waals surface area contributed by atoms with Crippen molar-refractivity contribution in [3.8, 4) is 0 Å². The highest BCUT2D eigenvalue weighted by atomic mass is 14.0. The van der Waals surface area contributed by atoms with Crippen molar-refractivity contribution in [2.24, 2.45) is 0 Å². The Bertz CT molecular complexity index is 157. The van der Waals surface area contributed by atoms with Crippen LogP contribution in [0.5, 0.6) is 0 Å². The molecule has 0 rings (SSSR count). The number of unbranched alkanes of at least 4 members (excludes halogenated alkanes) is 13. The smallest absolute Gasteiger partial charge is 0.0351 e. The van der Waals surface area contributed by atoms with E-state index in [4.69, 9.17) is 0 Å². The van der Waals surface area contributed by atoms with Gasteiger partial charge in [-0.3, -0.25) is 0 Å². The molecule has 0 unspecified atom stereocenters. The molecule has 0 aliphatic carbocycles. The minimum atomic E-state index is 1.12. The molecular formula is C18H35. The first-order valence-corrected chi connectivity index (χ1v) is 8.32. The van der Waals surface area contributed by atoms with Crippen molar-refractivity contribution < 1.29 is 0 Å². The second-order valence-corrected chi connectivity index (χ2v) is 5.45. The van der Waals surface area contributed by atoms with Gasteiger partial charge in [-0.25, -0.2) is 0 Å². The van der Waals surface area contributed by atoms with E-state index < -0.39 is 0 Å². The highest BCUT2D eigenvalue weighted by molar-refractivity contribution is 4.76. The summed E-state index contributed by atoms with van der Waals surface area (Å²) in [7, 11) is 0. The standard InChI is InChI=1S/C18H35/c1-3-5-7-9-11-13-15-17-18-16-14-12-10-8-6-4-2/h4,6H,1,3,5,7-18H2,2H3. The molecule has 0 atom stereocenters. The van der Waals surface area contributed by atoms with Gasteiger partial charge in [-0.05, 0) is 19.8 Å². The van der Waals surface area contributed by atoms with Gasteiger partial charge in [0.25, 0.3) is 0 Å². The molecule has 0 heterocycles. The third-order valence-corrected chi connectivity index (χ3v) is 3.61. The molecule has 0 fully saturated rings. The normalized spacial score (nSPS) is 11.4. The monoisotopic (exact) mass is 251 g/mol. The van der Waals surface area contributed by atoms with Crippen LogP contribution >= 0.6 is 0 Å². The SMILES string of the molecule is [CH2]CCCCCCCCCCCCCCC=CC. The van der Waals surface area contributed by atoms with Gasteiger partial charge in [0, 0.05) is 0 Å². The average molecular weight is 251 g/mol. The Morgan fingerprint density at radius 2 is 1.00 bits per heavy atom. The molecule has 0 amide bonds. The molecule has 0 spiro atoms. The first-order valence-electron chi connectivity index (χ1n) is 8.32. The first kappa shape index (κ1) is 17.7. The second-order valence-electron chi connectivity index (χ2n) is 5.45. The fourth-order valence-electron chi connectivity index (χ4n) is 2.37. The van der Waals surface area contributed by atoms with Crippen LogP contribution in [0.15, 0.2) is 12.2 Å². The lowest BCUT2D eigenvalue weighted by Gasteiger charge is -2.02. The van der Waals surface area contributed by atoms with E-state index in [2.05, 4.69) is 26.0 Å². The molecule has 1 radical (unpaired) electrons. The van der Waals surface area contributed by atoms with Crippen LogP contribution < -0.4 is 0 Å². The summed E-state index contributed by atoms with van der Waals surface area (Å²) in [6.07, 6.45) is 24.0. The summed E-state index contributed by atoms with van der Waals surface area (Å²) in [5, 5.41) is 0. The molecule has 0 heteroatoms. The summed E-state index contributed by atoms with van der Waals surface area (Å²) in [4.78, 5) is 0. The molecule has 0 aromatic carbocycles. The van der Waals surface area contributed by atoms with E-state index in [9.17, 15) is 0 Å². The van der Waals surface area contributed by atoms with E-state index in [0.29, 0.717) is 0 Å². The van der Waals surface area contributed by atoms with Gasteiger partial charge < -0.3 is 0 Å². The molecule has 0 saturated carbocycles. The van der Waals surface area contributed by atoms with Crippen molar-refractivity contribution in [2.45, 2.75) is 96.8 Å². The van der Waals surface area contributed by atoms with Crippen molar-refractivity contribution in [1.82, 2.24) is 0 Å². The fraction of sp³-hybridized carbons (Fsp3) is 0.833. The maximum Gasteiger partial charge on any atom is -0.0351 e. The van der Waals surface area contributed by atoms with Gasteiger partial charge in [-0.1, -0.05) is 96.1 Å². The molecule has 0 aliphatic heterocycles. The Hall–Kier alpha value is -0.260. The molecule has 0 aromatic heterocycles. The predicted molar refractivity (Wildman–Crippen MR) is 84.8 cm³/mol. The lowest BCUT2D eigenvalue weighted by Crippen LogP contribution is -1.82. The molecular weight excluding hydrogens is 216 g/mol. The lowest BCUT2D eigenvalue weighted by atomic mass is 10.0. The number of hydrogen-bond acceptors (Lipinski definition) is 0. The highest BCUT2D eigenvalue weighted by Crippen LogP contribution is 2.12. The van der Waals surface area contributed by atoms with Crippen LogP contribution in [-0.2, 0) is 0 Å². The lowest BCUT2D eigenvalue weighted by molar-refractivity contribution is 0.542. The molecule has 18 heavy (non-hydrogen) atoms. The number of allylic oxidation sites excluding steroid dienone is 2. The van der Waals surface area contributed by atoms with E-state index in [0.717, 1.165) is 6.42 Å². The summed E-state index contributed by atoms with van der Waals surface area (Å²) >= 11 is 0. The first-order chi connectivity index (χ1) is 8.91. The quantitative estimate of drug-likeness (QED) is 0.234. The molecule has 0 aliphatic rings. The Morgan fingerprint density at radius 3 is 1.39 bits per heavy atom. The van der Waals surface area contributed by atoms with Gasteiger partial charge in [0.1, 0.15) is 0 Å². The van der Waals surface area contributed by atoms with Crippen molar-refractivity contribution in [2.75, 3.05) is 0 Å². The Kier molecular flexibility index (Phi) is 16.5. The van der Waals surface area contributed by atoms with Crippen LogP contribution in [0.1, 0.15) is 96.8 Å². The summed E-state index contributed by atoms with van der Waals surface area (Å²) in [6, 6.07) is 0. The topological polar surface area (TPSA) is 0 Å². The Morgan fingerprint density at radius 1 is 0.611 bits per heavy atom. The van der Waals surface area contributed by atoms with E-state index >= 15 is 0 Å². The zero-order valence-corrected chi connectivity index (χ0v) is 12.8. The van der Waals surface area contributed by atoms with Gasteiger partial charge >= 0.3 is 0 Å².